The number of nitrogens with one attached hydrogen (secondary N) is 2. The number of allylic oxidation sites excluding steroid dienone is 4. The molecule has 2 aromatic heterocycles. The highest BCUT2D eigenvalue weighted by Gasteiger charge is 2.36. The molecule has 6 heteroatoms. The van der Waals surface area contributed by atoms with Crippen LogP contribution in [0.15, 0.2) is 43.7 Å². The molecule has 288 valence electrons. The molecule has 53 heavy (non-hydrogen) atoms. The number of carbonyl (C=O) groups is 1. The molecule has 0 radical (unpaired) electrons. The lowest BCUT2D eigenvalue weighted by Crippen LogP contribution is -2.26. The van der Waals surface area contributed by atoms with Crippen LogP contribution in [0.2, 0.25) is 0 Å². The van der Waals surface area contributed by atoms with Gasteiger partial charge in [0.15, 0.2) is 0 Å². The largest absolute Gasteiger partial charge is 0.466 e. The van der Waals surface area contributed by atoms with E-state index in [0.717, 1.165) is 88.4 Å². The van der Waals surface area contributed by atoms with Gasteiger partial charge in [-0.1, -0.05) is 81.6 Å². The van der Waals surface area contributed by atoms with Crippen LogP contribution in [0.4, 0.5) is 0 Å². The van der Waals surface area contributed by atoms with E-state index in [4.69, 9.17) is 14.7 Å². The second-order valence-corrected chi connectivity index (χ2v) is 14.9. The molecule has 0 fully saturated rings. The molecule has 0 amide bonds. The number of carbonyl (C=O) groups excluding carboxylic acids is 1. The average Bonchev–Trinajstić information content (AvgIpc) is 3.90. The molecule has 0 aromatic carbocycles. The zero-order valence-electron chi connectivity index (χ0n) is 34.8. The molecule has 5 heterocycles. The van der Waals surface area contributed by atoms with Gasteiger partial charge >= 0.3 is 5.97 Å². The Balaban J connectivity index is 1.84. The molecule has 0 saturated carbocycles. The van der Waals surface area contributed by atoms with Gasteiger partial charge in [0.25, 0.3) is 0 Å². The maximum absolute atomic E-state index is 12.3. The van der Waals surface area contributed by atoms with Gasteiger partial charge < -0.3 is 14.7 Å². The van der Waals surface area contributed by atoms with Crippen molar-refractivity contribution in [1.82, 2.24) is 9.97 Å². The predicted octanol–water partition coefficient (Wildman–Crippen LogP) is 12.5. The van der Waals surface area contributed by atoms with E-state index in [2.05, 4.69) is 84.4 Å². The lowest BCUT2D eigenvalue weighted by molar-refractivity contribution is -0.143. The maximum atomic E-state index is 12.3. The third-order valence-electron chi connectivity index (χ3n) is 12.0. The highest BCUT2D eigenvalue weighted by molar-refractivity contribution is 6.23. The molecule has 2 N–H and O–H groups in total. The number of fused-ring (bicyclic) bond motifs is 6. The van der Waals surface area contributed by atoms with Gasteiger partial charge in [0.05, 0.1) is 29.4 Å². The molecule has 6 nitrogen and oxygen atoms in total. The number of rotatable bonds is 17. The Kier molecular flexibility index (Phi) is 14.2. The van der Waals surface area contributed by atoms with E-state index in [-0.39, 0.29) is 17.8 Å². The van der Waals surface area contributed by atoms with Crippen molar-refractivity contribution in [2.24, 2.45) is 15.9 Å². The van der Waals surface area contributed by atoms with Crippen molar-refractivity contribution >= 4 is 29.5 Å². The monoisotopic (exact) mass is 721 g/mol. The van der Waals surface area contributed by atoms with Crippen molar-refractivity contribution in [3.05, 3.63) is 78.7 Å². The summed E-state index contributed by atoms with van der Waals surface area (Å²) in [5.74, 6) is 0.221. The highest BCUT2D eigenvalue weighted by atomic mass is 16.5. The molecule has 2 atom stereocenters. The third-order valence-corrected chi connectivity index (χ3v) is 12.0. The molecule has 3 aliphatic heterocycles. The summed E-state index contributed by atoms with van der Waals surface area (Å²) in [7, 11) is 0. The van der Waals surface area contributed by atoms with Crippen molar-refractivity contribution < 1.29 is 9.53 Å². The third kappa shape index (κ3) is 7.94. The molecule has 0 spiro atoms. The van der Waals surface area contributed by atoms with E-state index in [9.17, 15) is 4.79 Å². The Labute approximate surface area is 320 Å². The van der Waals surface area contributed by atoms with Crippen LogP contribution in [0.5, 0.6) is 0 Å². The number of hydrogen-bond acceptors (Lipinski definition) is 4. The van der Waals surface area contributed by atoms with Gasteiger partial charge in [0.1, 0.15) is 0 Å². The van der Waals surface area contributed by atoms with E-state index in [1.54, 1.807) is 0 Å². The molecule has 8 bridgehead atoms. The van der Waals surface area contributed by atoms with E-state index in [1.165, 1.54) is 91.6 Å². The Bertz CT molecular complexity index is 1720. The first-order chi connectivity index (χ1) is 25.8. The smallest absolute Gasteiger partial charge is 0.305 e. The van der Waals surface area contributed by atoms with Crippen LogP contribution in [-0.4, -0.2) is 34.0 Å². The summed E-state index contributed by atoms with van der Waals surface area (Å²) in [6.07, 6.45) is 19.0. The normalized spacial score (nSPS) is 19.4. The predicted molar refractivity (Wildman–Crippen MR) is 225 cm³/mol. The van der Waals surface area contributed by atoms with Crippen molar-refractivity contribution in [1.29, 1.82) is 0 Å². The van der Waals surface area contributed by atoms with Gasteiger partial charge in [-0.25, -0.2) is 0 Å². The minimum absolute atomic E-state index is 0.0560. The first-order valence-corrected chi connectivity index (χ1v) is 21.5. The lowest BCUT2D eigenvalue weighted by Gasteiger charge is -2.22. The summed E-state index contributed by atoms with van der Waals surface area (Å²) in [4.78, 5) is 31.8. The fourth-order valence-corrected chi connectivity index (χ4v) is 9.61. The van der Waals surface area contributed by atoms with Crippen LogP contribution in [0.1, 0.15) is 191 Å². The van der Waals surface area contributed by atoms with Gasteiger partial charge in [0.2, 0.25) is 0 Å². The number of ether oxygens (including phenoxy) is 1. The second-order valence-electron chi connectivity index (χ2n) is 14.9. The van der Waals surface area contributed by atoms with Crippen LogP contribution >= 0.6 is 0 Å². The number of unbranched alkanes of at least 4 members (excludes halogenated alkanes) is 2. The SMILES string of the molecule is CCCCC1c2[nH]c(c(CC)c2CC)C=C2N=C(C(CC)=C2CC)C(CCCCC(=O)OCC)C2=N/C(=C\c3[nH]c1c(CC)c3CC)C(CC)=C2CC. The molecule has 5 rings (SSSR count). The Hall–Kier alpha value is -3.67. The standard InChI is InChI=1S/C47H68N4O2/c1-11-21-24-37-44-33(16-6)29(12-2)39(48-44)27-41-31(14-4)35(18-8)46(50-41)38(25-22-23-26-43(52)53-20-10)47-36(19-9)32(15-5)42(51-47)28-40-30(13-3)34(17-7)45(37)49-40/h27-28,37-38,48-49H,11-26H2,1-10H3/b41-27-,42-28?. The molecular formula is C47H68N4O2. The number of aromatic nitrogens is 2. The van der Waals surface area contributed by atoms with Crippen LogP contribution in [-0.2, 0) is 35.2 Å². The minimum Gasteiger partial charge on any atom is -0.466 e. The van der Waals surface area contributed by atoms with Gasteiger partial charge in [-0.05, 0) is 134 Å². The number of aliphatic imine (C=N–C) groups is 2. The summed E-state index contributed by atoms with van der Waals surface area (Å²) >= 11 is 0. The summed E-state index contributed by atoms with van der Waals surface area (Å²) in [5.41, 5.74) is 21.1. The Morgan fingerprint density at radius 1 is 0.566 bits per heavy atom. The fourth-order valence-electron chi connectivity index (χ4n) is 9.61. The quantitative estimate of drug-likeness (QED) is 0.126. The highest BCUT2D eigenvalue weighted by Crippen LogP contribution is 2.44. The van der Waals surface area contributed by atoms with Gasteiger partial charge in [-0.15, -0.1) is 0 Å². The van der Waals surface area contributed by atoms with Crippen molar-refractivity contribution in [3.63, 3.8) is 0 Å². The van der Waals surface area contributed by atoms with Crippen LogP contribution in [0.25, 0.3) is 12.2 Å². The van der Waals surface area contributed by atoms with Crippen molar-refractivity contribution in [2.75, 3.05) is 6.61 Å². The summed E-state index contributed by atoms with van der Waals surface area (Å²) < 4.78 is 5.29. The topological polar surface area (TPSA) is 82.6 Å². The first kappa shape index (κ1) is 40.5. The average molecular weight is 721 g/mol. The van der Waals surface area contributed by atoms with E-state index in [1.807, 2.05) is 6.92 Å². The number of hydrogen-bond donors (Lipinski definition) is 2. The van der Waals surface area contributed by atoms with Crippen LogP contribution in [0, 0.1) is 5.92 Å². The first-order valence-electron chi connectivity index (χ1n) is 21.5. The van der Waals surface area contributed by atoms with Crippen LogP contribution in [0.3, 0.4) is 0 Å². The molecule has 2 unspecified atom stereocenters. The lowest BCUT2D eigenvalue weighted by atomic mass is 9.82. The van der Waals surface area contributed by atoms with Crippen molar-refractivity contribution in [2.45, 2.75) is 171 Å². The Morgan fingerprint density at radius 2 is 1.02 bits per heavy atom. The maximum Gasteiger partial charge on any atom is 0.305 e. The van der Waals surface area contributed by atoms with Crippen LogP contribution < -0.4 is 0 Å². The van der Waals surface area contributed by atoms with E-state index in [0.29, 0.717) is 13.0 Å². The van der Waals surface area contributed by atoms with Gasteiger partial charge in [0, 0.05) is 41.0 Å². The number of nitrogens with zero attached hydrogens (tertiary/aromatic N) is 2. The Morgan fingerprint density at radius 3 is 1.42 bits per heavy atom. The summed E-state index contributed by atoms with van der Waals surface area (Å²) in [6.45, 7) is 23.0. The molecule has 0 aliphatic carbocycles. The van der Waals surface area contributed by atoms with E-state index < -0.39 is 0 Å². The number of aromatic amines is 2. The number of H-pyrrole nitrogens is 2. The van der Waals surface area contributed by atoms with Crippen molar-refractivity contribution in [3.8, 4) is 0 Å². The zero-order valence-corrected chi connectivity index (χ0v) is 34.8. The fraction of sp³-hybridized carbons (Fsp3) is 0.596. The summed E-state index contributed by atoms with van der Waals surface area (Å²) in [5, 5.41) is 0. The zero-order chi connectivity index (χ0) is 38.2. The minimum atomic E-state index is -0.105. The number of esters is 1. The molecule has 0 saturated heterocycles. The molecule has 2 aromatic rings. The summed E-state index contributed by atoms with van der Waals surface area (Å²) in [6, 6.07) is 0. The van der Waals surface area contributed by atoms with Gasteiger partial charge in [-0.3, -0.25) is 14.8 Å². The molecule has 3 aliphatic rings. The second kappa shape index (κ2) is 18.6. The van der Waals surface area contributed by atoms with E-state index >= 15 is 0 Å². The van der Waals surface area contributed by atoms with Gasteiger partial charge in [-0.2, -0.15) is 0 Å². The molecular weight excluding hydrogens is 653 g/mol.